The van der Waals surface area contributed by atoms with Gasteiger partial charge in [0.25, 0.3) is 0 Å². The van der Waals surface area contributed by atoms with E-state index in [0.29, 0.717) is 36.0 Å². The van der Waals surface area contributed by atoms with Gasteiger partial charge in [-0.05, 0) is 24.6 Å². The summed E-state index contributed by atoms with van der Waals surface area (Å²) < 4.78 is 15.7. The van der Waals surface area contributed by atoms with Crippen molar-refractivity contribution in [3.05, 3.63) is 42.4 Å². The highest BCUT2D eigenvalue weighted by molar-refractivity contribution is 6.39. The maximum atomic E-state index is 11.9. The Labute approximate surface area is 143 Å². The zero-order chi connectivity index (χ0) is 17.6. The van der Waals surface area contributed by atoms with Gasteiger partial charge in [0.2, 0.25) is 0 Å². The summed E-state index contributed by atoms with van der Waals surface area (Å²) in [6.07, 6.45) is 2.39. The smallest absolute Gasteiger partial charge is 0.313 e. The van der Waals surface area contributed by atoms with E-state index in [1.165, 1.54) is 12.5 Å². The molecule has 8 heteroatoms. The van der Waals surface area contributed by atoms with Crippen molar-refractivity contribution in [1.82, 2.24) is 5.32 Å². The third-order valence-electron chi connectivity index (χ3n) is 3.64. The van der Waals surface area contributed by atoms with E-state index in [9.17, 15) is 14.7 Å². The molecule has 3 N–H and O–H groups in total. The minimum absolute atomic E-state index is 0.153. The molecule has 0 aliphatic carbocycles. The molecular formula is C17H18N2O6. The Hall–Kier alpha value is -3.00. The third-order valence-corrected chi connectivity index (χ3v) is 3.64. The lowest BCUT2D eigenvalue weighted by atomic mass is 10.1. The monoisotopic (exact) mass is 346 g/mol. The molecule has 0 saturated carbocycles. The van der Waals surface area contributed by atoms with Gasteiger partial charge < -0.3 is 29.6 Å². The van der Waals surface area contributed by atoms with Crippen molar-refractivity contribution in [1.29, 1.82) is 0 Å². The molecule has 0 unspecified atom stereocenters. The van der Waals surface area contributed by atoms with E-state index in [2.05, 4.69) is 10.6 Å². The Morgan fingerprint density at radius 1 is 1.12 bits per heavy atom. The van der Waals surface area contributed by atoms with E-state index < -0.39 is 17.9 Å². The van der Waals surface area contributed by atoms with Gasteiger partial charge in [-0.2, -0.15) is 0 Å². The Morgan fingerprint density at radius 2 is 1.92 bits per heavy atom. The fraction of sp³-hybridized carbons (Fsp3) is 0.294. The van der Waals surface area contributed by atoms with Crippen LogP contribution in [0.25, 0.3) is 0 Å². The zero-order valence-electron chi connectivity index (χ0n) is 13.4. The van der Waals surface area contributed by atoms with E-state index in [-0.39, 0.29) is 13.0 Å². The highest BCUT2D eigenvalue weighted by Crippen LogP contribution is 2.32. The van der Waals surface area contributed by atoms with Crippen molar-refractivity contribution < 1.29 is 28.6 Å². The van der Waals surface area contributed by atoms with Gasteiger partial charge in [0.05, 0.1) is 18.6 Å². The average molecular weight is 346 g/mol. The van der Waals surface area contributed by atoms with Crippen LogP contribution in [0.3, 0.4) is 0 Å². The van der Waals surface area contributed by atoms with E-state index in [1.54, 1.807) is 24.3 Å². The van der Waals surface area contributed by atoms with Crippen molar-refractivity contribution in [2.45, 2.75) is 12.5 Å². The molecule has 3 rings (SSSR count). The standard InChI is InChI=1S/C17H18N2O6/c20-13(11-4-6-23-10-11)3-5-18-16(21)17(22)19-12-1-2-14-15(9-12)25-8-7-24-14/h1-2,4,6,9-10,13,20H,3,5,7-8H2,(H,18,21)(H,19,22)/t13-/m1/s1. The van der Waals surface area contributed by atoms with Crippen LogP contribution in [0.4, 0.5) is 5.69 Å². The molecule has 2 heterocycles. The summed E-state index contributed by atoms with van der Waals surface area (Å²) >= 11 is 0. The molecule has 25 heavy (non-hydrogen) atoms. The maximum Gasteiger partial charge on any atom is 0.313 e. The Balaban J connectivity index is 1.47. The largest absolute Gasteiger partial charge is 0.486 e. The Bertz CT molecular complexity index is 744. The Morgan fingerprint density at radius 3 is 2.68 bits per heavy atom. The van der Waals surface area contributed by atoms with Crippen LogP contribution >= 0.6 is 0 Å². The summed E-state index contributed by atoms with van der Waals surface area (Å²) in [4.78, 5) is 23.7. The van der Waals surface area contributed by atoms with E-state index >= 15 is 0 Å². The summed E-state index contributed by atoms with van der Waals surface area (Å²) in [5, 5.41) is 14.8. The van der Waals surface area contributed by atoms with Crippen molar-refractivity contribution in [2.75, 3.05) is 25.1 Å². The number of hydrogen-bond acceptors (Lipinski definition) is 6. The van der Waals surface area contributed by atoms with Gasteiger partial charge in [0.1, 0.15) is 13.2 Å². The first kappa shape index (κ1) is 16.8. The van der Waals surface area contributed by atoms with Gasteiger partial charge in [0.15, 0.2) is 11.5 Å². The molecule has 0 fully saturated rings. The summed E-state index contributed by atoms with van der Waals surface area (Å²) in [5.74, 6) is -0.460. The van der Waals surface area contributed by atoms with Gasteiger partial charge in [-0.1, -0.05) is 0 Å². The topological polar surface area (TPSA) is 110 Å². The number of amides is 2. The number of aliphatic hydroxyl groups is 1. The number of aliphatic hydroxyl groups excluding tert-OH is 1. The molecule has 0 saturated heterocycles. The van der Waals surface area contributed by atoms with E-state index in [1.807, 2.05) is 0 Å². The number of rotatable bonds is 5. The number of furan rings is 1. The molecule has 1 aliphatic heterocycles. The first-order chi connectivity index (χ1) is 12.1. The van der Waals surface area contributed by atoms with Crippen LogP contribution in [-0.4, -0.2) is 36.7 Å². The lowest BCUT2D eigenvalue weighted by Gasteiger charge is -2.18. The van der Waals surface area contributed by atoms with Crippen LogP contribution in [0.1, 0.15) is 18.1 Å². The molecule has 0 spiro atoms. The summed E-state index contributed by atoms with van der Waals surface area (Å²) in [6, 6.07) is 6.54. The lowest BCUT2D eigenvalue weighted by Crippen LogP contribution is -2.36. The van der Waals surface area contributed by atoms with Crippen molar-refractivity contribution >= 4 is 17.5 Å². The Kier molecular flexibility index (Phi) is 5.20. The van der Waals surface area contributed by atoms with Crippen molar-refractivity contribution in [2.24, 2.45) is 0 Å². The highest BCUT2D eigenvalue weighted by Gasteiger charge is 2.17. The number of ether oxygens (including phenoxy) is 2. The van der Waals surface area contributed by atoms with Gasteiger partial charge in [-0.25, -0.2) is 0 Å². The minimum Gasteiger partial charge on any atom is -0.486 e. The molecule has 1 aromatic heterocycles. The molecule has 1 aliphatic rings. The van der Waals surface area contributed by atoms with Crippen molar-refractivity contribution in [3.8, 4) is 11.5 Å². The fourth-order valence-electron chi connectivity index (χ4n) is 2.34. The molecule has 1 atom stereocenters. The molecule has 1 aromatic carbocycles. The van der Waals surface area contributed by atoms with Crippen LogP contribution in [0.5, 0.6) is 11.5 Å². The number of nitrogens with one attached hydrogen (secondary N) is 2. The predicted octanol–water partition coefficient (Wildman–Crippen LogP) is 1.23. The number of hydrogen-bond donors (Lipinski definition) is 3. The lowest BCUT2D eigenvalue weighted by molar-refractivity contribution is -0.136. The molecule has 0 radical (unpaired) electrons. The fourth-order valence-corrected chi connectivity index (χ4v) is 2.34. The summed E-state index contributed by atoms with van der Waals surface area (Å²) in [6.45, 7) is 1.06. The molecule has 2 aromatic rings. The van der Waals surface area contributed by atoms with Gasteiger partial charge in [-0.15, -0.1) is 0 Å². The second-order valence-corrected chi connectivity index (χ2v) is 5.43. The van der Waals surface area contributed by atoms with Gasteiger partial charge in [-0.3, -0.25) is 9.59 Å². The summed E-state index contributed by atoms with van der Waals surface area (Å²) in [5.41, 5.74) is 1.05. The summed E-state index contributed by atoms with van der Waals surface area (Å²) in [7, 11) is 0. The molecule has 132 valence electrons. The van der Waals surface area contributed by atoms with E-state index in [0.717, 1.165) is 0 Å². The van der Waals surface area contributed by atoms with Crippen LogP contribution in [0.15, 0.2) is 41.2 Å². The van der Waals surface area contributed by atoms with Crippen LogP contribution < -0.4 is 20.1 Å². The maximum absolute atomic E-state index is 11.9. The molecule has 8 nitrogen and oxygen atoms in total. The normalized spacial score (nSPS) is 13.8. The molecule has 2 amide bonds. The van der Waals surface area contributed by atoms with Gasteiger partial charge in [0, 0.05) is 23.9 Å². The van der Waals surface area contributed by atoms with Crippen LogP contribution in [-0.2, 0) is 9.59 Å². The first-order valence-corrected chi connectivity index (χ1v) is 7.82. The van der Waals surface area contributed by atoms with Crippen molar-refractivity contribution in [3.63, 3.8) is 0 Å². The van der Waals surface area contributed by atoms with Gasteiger partial charge >= 0.3 is 11.8 Å². The minimum atomic E-state index is -0.797. The van der Waals surface area contributed by atoms with E-state index in [4.69, 9.17) is 13.9 Å². The predicted molar refractivity (Wildman–Crippen MR) is 87.4 cm³/mol. The number of anilines is 1. The number of carbonyl (C=O) groups excluding carboxylic acids is 2. The number of carbonyl (C=O) groups is 2. The van der Waals surface area contributed by atoms with Crippen LogP contribution in [0.2, 0.25) is 0 Å². The first-order valence-electron chi connectivity index (χ1n) is 7.82. The number of fused-ring (bicyclic) bond motifs is 1. The second kappa shape index (κ2) is 7.71. The zero-order valence-corrected chi connectivity index (χ0v) is 13.4. The van der Waals surface area contributed by atoms with Crippen LogP contribution in [0, 0.1) is 0 Å². The highest BCUT2D eigenvalue weighted by atomic mass is 16.6. The third kappa shape index (κ3) is 4.30. The molecular weight excluding hydrogens is 328 g/mol. The average Bonchev–Trinajstić information content (AvgIpc) is 3.16. The SMILES string of the molecule is O=C(NCC[C@@H](O)c1ccoc1)C(=O)Nc1ccc2c(c1)OCCO2. The molecule has 0 bridgehead atoms. The second-order valence-electron chi connectivity index (χ2n) is 5.43. The quantitative estimate of drug-likeness (QED) is 0.703. The number of benzene rings is 1.